The summed E-state index contributed by atoms with van der Waals surface area (Å²) in [5.41, 5.74) is 3.50. The second kappa shape index (κ2) is 6.61. The minimum absolute atomic E-state index is 0.152. The summed E-state index contributed by atoms with van der Waals surface area (Å²) in [7, 11) is 0. The summed E-state index contributed by atoms with van der Waals surface area (Å²) >= 11 is 6.29. The van der Waals surface area contributed by atoms with E-state index in [-0.39, 0.29) is 13.2 Å². The van der Waals surface area contributed by atoms with Crippen LogP contribution in [-0.2, 0) is 11.8 Å². The van der Waals surface area contributed by atoms with Crippen LogP contribution in [0.15, 0.2) is 42.5 Å². The Morgan fingerprint density at radius 1 is 0.905 bits per heavy atom. The van der Waals surface area contributed by atoms with Crippen molar-refractivity contribution in [2.45, 2.75) is 25.7 Å². The largest absolute Gasteiger partial charge is 0.395 e. The molecule has 0 aliphatic carbocycles. The van der Waals surface area contributed by atoms with E-state index in [1.54, 1.807) is 6.07 Å². The van der Waals surface area contributed by atoms with Gasteiger partial charge in [-0.3, -0.25) is 0 Å². The average Bonchev–Trinajstić information content (AvgIpc) is 2.49. The Hall–Kier alpha value is -1.35. The number of aryl methyl sites for hydroxylation is 2. The molecular weight excluding hydrogens is 284 g/mol. The van der Waals surface area contributed by atoms with Crippen molar-refractivity contribution in [1.82, 2.24) is 0 Å². The van der Waals surface area contributed by atoms with Crippen molar-refractivity contribution in [1.29, 1.82) is 0 Å². The SMILES string of the molecule is Cc1cccc(C)c1CC(CO)(CO)c1ccccc1Cl. The van der Waals surface area contributed by atoms with Gasteiger partial charge in [-0.05, 0) is 48.6 Å². The van der Waals surface area contributed by atoms with Crippen LogP contribution in [0.2, 0.25) is 5.02 Å². The first-order valence-corrected chi connectivity index (χ1v) is 7.43. The van der Waals surface area contributed by atoms with Gasteiger partial charge >= 0.3 is 0 Å². The quantitative estimate of drug-likeness (QED) is 0.888. The molecule has 2 aromatic carbocycles. The Bertz CT molecular complexity index is 598. The second-order valence-electron chi connectivity index (χ2n) is 5.62. The Balaban J connectivity index is 2.51. The summed E-state index contributed by atoms with van der Waals surface area (Å²) in [5.74, 6) is 0. The molecule has 2 rings (SSSR count). The van der Waals surface area contributed by atoms with Gasteiger partial charge in [0.25, 0.3) is 0 Å². The first kappa shape index (κ1) is 16.0. The summed E-state index contributed by atoms with van der Waals surface area (Å²) in [6.45, 7) is 3.80. The molecule has 0 spiro atoms. The number of rotatable bonds is 5. The summed E-state index contributed by atoms with van der Waals surface area (Å²) in [6, 6.07) is 13.5. The van der Waals surface area contributed by atoms with Gasteiger partial charge in [0.15, 0.2) is 0 Å². The molecule has 3 heteroatoms. The molecule has 0 heterocycles. The van der Waals surface area contributed by atoms with Crippen molar-refractivity contribution in [3.8, 4) is 0 Å². The van der Waals surface area contributed by atoms with E-state index in [2.05, 4.69) is 26.0 Å². The fraction of sp³-hybridized carbons (Fsp3) is 0.333. The number of hydrogen-bond acceptors (Lipinski definition) is 2. The van der Waals surface area contributed by atoms with Crippen molar-refractivity contribution in [2.24, 2.45) is 0 Å². The minimum atomic E-state index is -0.769. The smallest absolute Gasteiger partial charge is 0.0553 e. The van der Waals surface area contributed by atoms with Gasteiger partial charge in [0.2, 0.25) is 0 Å². The number of hydrogen-bond donors (Lipinski definition) is 2. The molecule has 21 heavy (non-hydrogen) atoms. The van der Waals surface area contributed by atoms with Crippen LogP contribution in [0.25, 0.3) is 0 Å². The fourth-order valence-corrected chi connectivity index (χ4v) is 3.12. The van der Waals surface area contributed by atoms with E-state index in [1.807, 2.05) is 24.3 Å². The second-order valence-corrected chi connectivity index (χ2v) is 6.03. The highest BCUT2D eigenvalue weighted by Gasteiger charge is 2.34. The third-order valence-electron chi connectivity index (χ3n) is 4.21. The molecule has 0 atom stereocenters. The van der Waals surface area contributed by atoms with Crippen molar-refractivity contribution >= 4 is 11.6 Å². The Labute approximate surface area is 131 Å². The summed E-state index contributed by atoms with van der Waals surface area (Å²) < 4.78 is 0. The highest BCUT2D eigenvalue weighted by molar-refractivity contribution is 6.31. The van der Waals surface area contributed by atoms with E-state index in [0.717, 1.165) is 22.3 Å². The van der Waals surface area contributed by atoms with E-state index < -0.39 is 5.41 Å². The Kier molecular flexibility index (Phi) is 5.04. The van der Waals surface area contributed by atoms with E-state index in [0.29, 0.717) is 11.4 Å². The predicted molar refractivity (Wildman–Crippen MR) is 86.9 cm³/mol. The Morgan fingerprint density at radius 3 is 2.00 bits per heavy atom. The van der Waals surface area contributed by atoms with Crippen molar-refractivity contribution in [3.63, 3.8) is 0 Å². The number of benzene rings is 2. The van der Waals surface area contributed by atoms with Crippen LogP contribution in [0.4, 0.5) is 0 Å². The zero-order chi connectivity index (χ0) is 15.5. The molecule has 2 aromatic rings. The Morgan fingerprint density at radius 2 is 1.48 bits per heavy atom. The fourth-order valence-electron chi connectivity index (χ4n) is 2.78. The first-order valence-electron chi connectivity index (χ1n) is 7.06. The molecule has 2 N–H and O–H groups in total. The van der Waals surface area contributed by atoms with Gasteiger partial charge in [0.1, 0.15) is 0 Å². The van der Waals surface area contributed by atoms with E-state index in [1.165, 1.54) is 0 Å². The monoisotopic (exact) mass is 304 g/mol. The normalized spacial score (nSPS) is 11.7. The van der Waals surface area contributed by atoms with Crippen LogP contribution in [0.5, 0.6) is 0 Å². The van der Waals surface area contributed by atoms with Crippen molar-refractivity contribution < 1.29 is 10.2 Å². The number of halogens is 1. The van der Waals surface area contributed by atoms with Crippen LogP contribution in [-0.4, -0.2) is 23.4 Å². The van der Waals surface area contributed by atoms with Crippen LogP contribution >= 0.6 is 11.6 Å². The maximum Gasteiger partial charge on any atom is 0.0553 e. The van der Waals surface area contributed by atoms with Gasteiger partial charge in [0, 0.05) is 10.4 Å². The molecule has 0 saturated heterocycles. The van der Waals surface area contributed by atoms with Gasteiger partial charge in [0.05, 0.1) is 13.2 Å². The first-order chi connectivity index (χ1) is 10.0. The minimum Gasteiger partial charge on any atom is -0.395 e. The van der Waals surface area contributed by atoms with Crippen LogP contribution < -0.4 is 0 Å². The lowest BCUT2D eigenvalue weighted by atomic mass is 9.75. The highest BCUT2D eigenvalue weighted by atomic mass is 35.5. The van der Waals surface area contributed by atoms with Crippen molar-refractivity contribution in [3.05, 3.63) is 69.7 Å². The molecular formula is C18H21ClO2. The van der Waals surface area contributed by atoms with E-state index >= 15 is 0 Å². The standard InChI is InChI=1S/C18H21ClO2/c1-13-6-5-7-14(2)15(13)10-18(11-20,12-21)16-8-3-4-9-17(16)19/h3-9,20-21H,10-12H2,1-2H3. The maximum atomic E-state index is 9.98. The van der Waals surface area contributed by atoms with Crippen molar-refractivity contribution in [2.75, 3.05) is 13.2 Å². The lowest BCUT2D eigenvalue weighted by molar-refractivity contribution is 0.116. The van der Waals surface area contributed by atoms with Crippen LogP contribution in [0, 0.1) is 13.8 Å². The molecule has 0 bridgehead atoms. The molecule has 2 nitrogen and oxygen atoms in total. The van der Waals surface area contributed by atoms with Gasteiger partial charge < -0.3 is 10.2 Å². The van der Waals surface area contributed by atoms with Gasteiger partial charge in [-0.2, -0.15) is 0 Å². The van der Waals surface area contributed by atoms with E-state index in [4.69, 9.17) is 11.6 Å². The zero-order valence-corrected chi connectivity index (χ0v) is 13.2. The lowest BCUT2D eigenvalue weighted by Gasteiger charge is -2.32. The lowest BCUT2D eigenvalue weighted by Crippen LogP contribution is -2.38. The van der Waals surface area contributed by atoms with E-state index in [9.17, 15) is 10.2 Å². The third-order valence-corrected chi connectivity index (χ3v) is 4.54. The molecule has 0 radical (unpaired) electrons. The molecule has 0 fully saturated rings. The molecule has 0 aliphatic rings. The molecule has 0 aliphatic heterocycles. The zero-order valence-electron chi connectivity index (χ0n) is 12.4. The number of aliphatic hydroxyl groups is 2. The molecule has 112 valence electrons. The van der Waals surface area contributed by atoms with Crippen LogP contribution in [0.1, 0.15) is 22.3 Å². The summed E-state index contributed by atoms with van der Waals surface area (Å²) in [6.07, 6.45) is 0.558. The van der Waals surface area contributed by atoms with Gasteiger partial charge in [-0.25, -0.2) is 0 Å². The molecule has 0 unspecified atom stereocenters. The van der Waals surface area contributed by atoms with Gasteiger partial charge in [-0.1, -0.05) is 48.0 Å². The van der Waals surface area contributed by atoms with Gasteiger partial charge in [-0.15, -0.1) is 0 Å². The topological polar surface area (TPSA) is 40.5 Å². The summed E-state index contributed by atoms with van der Waals surface area (Å²) in [4.78, 5) is 0. The molecule has 0 saturated carbocycles. The number of aliphatic hydroxyl groups excluding tert-OH is 2. The maximum absolute atomic E-state index is 9.98. The highest BCUT2D eigenvalue weighted by Crippen LogP contribution is 2.34. The molecule has 0 amide bonds. The summed E-state index contributed by atoms with van der Waals surface area (Å²) in [5, 5.41) is 20.5. The predicted octanol–water partition coefficient (Wildman–Crippen LogP) is 3.42. The molecule has 0 aromatic heterocycles. The van der Waals surface area contributed by atoms with Crippen LogP contribution in [0.3, 0.4) is 0 Å². The average molecular weight is 305 g/mol. The third kappa shape index (κ3) is 3.13.